The molecular weight excluding hydrogens is 721 g/mol. The number of hydrogen-bond donors (Lipinski definition) is 0. The number of hydrogen-bond acceptors (Lipinski definition) is 0. The first kappa shape index (κ1) is 35.4. The van der Waals surface area contributed by atoms with Crippen LogP contribution in [0.4, 0.5) is 0 Å². The van der Waals surface area contributed by atoms with E-state index in [4.69, 9.17) is 0 Å². The topological polar surface area (TPSA) is 0 Å². The van der Waals surface area contributed by atoms with E-state index in [-0.39, 0.29) is 0 Å². The molecule has 11 aromatic carbocycles. The zero-order valence-electron chi connectivity index (χ0n) is 33.1. The third kappa shape index (κ3) is 6.18. The first-order valence-corrected chi connectivity index (χ1v) is 20.8. The second-order valence-corrected chi connectivity index (χ2v) is 15.5. The van der Waals surface area contributed by atoms with Gasteiger partial charge in [0, 0.05) is 0 Å². The maximum Gasteiger partial charge on any atom is -0.00261 e. The average molecular weight is 761 g/mol. The van der Waals surface area contributed by atoms with Crippen molar-refractivity contribution in [3.63, 3.8) is 0 Å². The number of fused-ring (bicyclic) bond motifs is 3. The molecule has 11 rings (SSSR count). The summed E-state index contributed by atoms with van der Waals surface area (Å²) >= 11 is 0. The van der Waals surface area contributed by atoms with Crippen molar-refractivity contribution in [1.82, 2.24) is 0 Å². The van der Waals surface area contributed by atoms with Crippen molar-refractivity contribution in [2.45, 2.75) is 0 Å². The lowest BCUT2D eigenvalue weighted by Crippen LogP contribution is -1.93. The van der Waals surface area contributed by atoms with Gasteiger partial charge in [0.25, 0.3) is 0 Å². The van der Waals surface area contributed by atoms with Crippen LogP contribution in [-0.2, 0) is 0 Å². The fourth-order valence-corrected chi connectivity index (χ4v) is 9.39. The van der Waals surface area contributed by atoms with Gasteiger partial charge in [0.1, 0.15) is 0 Å². The highest BCUT2D eigenvalue weighted by Crippen LogP contribution is 2.47. The van der Waals surface area contributed by atoms with Crippen molar-refractivity contribution in [2.24, 2.45) is 0 Å². The number of rotatable bonds is 7. The van der Waals surface area contributed by atoms with E-state index in [9.17, 15) is 0 Å². The summed E-state index contributed by atoms with van der Waals surface area (Å²) in [5, 5.41) is 7.47. The van der Waals surface area contributed by atoms with E-state index in [1.807, 2.05) is 0 Å². The predicted octanol–water partition coefficient (Wildman–Crippen LogP) is 16.8. The Kier molecular flexibility index (Phi) is 8.95. The van der Waals surface area contributed by atoms with Crippen molar-refractivity contribution in [3.05, 3.63) is 243 Å². The van der Waals surface area contributed by atoms with Crippen molar-refractivity contribution in [1.29, 1.82) is 0 Å². The summed E-state index contributed by atoms with van der Waals surface area (Å²) in [6.07, 6.45) is 0. The molecule has 60 heavy (non-hydrogen) atoms. The molecular formula is C60H40. The second-order valence-electron chi connectivity index (χ2n) is 15.5. The summed E-state index contributed by atoms with van der Waals surface area (Å²) < 4.78 is 0. The standard InChI is InChI=1S/C60H40/c1-4-19-41(20-5-1)47-27-10-11-29-49(47)44-25-18-26-45(39-44)50-37-38-52(51-30-13-12-28-48(51)42-21-6-2-7-22-42)53-36-35-46(40-58(50)53)60-56-33-16-14-31-54(56)59(43-23-8-3-9-24-43)55-32-15-17-34-57(55)60/h1-40H. The Balaban J connectivity index is 1.18. The molecule has 0 aromatic heterocycles. The van der Waals surface area contributed by atoms with Crippen LogP contribution in [0.25, 0.3) is 110 Å². The molecule has 0 amide bonds. The van der Waals surface area contributed by atoms with Gasteiger partial charge in [-0.3, -0.25) is 0 Å². The zero-order chi connectivity index (χ0) is 39.8. The molecule has 0 fully saturated rings. The molecule has 11 aromatic rings. The van der Waals surface area contributed by atoms with Gasteiger partial charge in [-0.25, -0.2) is 0 Å². The fourth-order valence-electron chi connectivity index (χ4n) is 9.39. The van der Waals surface area contributed by atoms with E-state index >= 15 is 0 Å². The molecule has 0 saturated carbocycles. The molecule has 0 nitrogen and oxygen atoms in total. The molecule has 0 atom stereocenters. The van der Waals surface area contributed by atoms with Gasteiger partial charge in [-0.05, 0) is 122 Å². The summed E-state index contributed by atoms with van der Waals surface area (Å²) in [7, 11) is 0. The molecule has 0 N–H and O–H groups in total. The minimum Gasteiger partial charge on any atom is -0.0622 e. The van der Waals surface area contributed by atoms with Crippen molar-refractivity contribution < 1.29 is 0 Å². The maximum atomic E-state index is 2.46. The molecule has 0 unspecified atom stereocenters. The van der Waals surface area contributed by atoms with E-state index < -0.39 is 0 Å². The summed E-state index contributed by atoms with van der Waals surface area (Å²) in [6.45, 7) is 0. The van der Waals surface area contributed by atoms with Crippen LogP contribution in [0.1, 0.15) is 0 Å². The molecule has 280 valence electrons. The fraction of sp³-hybridized carbons (Fsp3) is 0. The van der Waals surface area contributed by atoms with Crippen LogP contribution in [-0.4, -0.2) is 0 Å². The monoisotopic (exact) mass is 760 g/mol. The molecule has 0 aliphatic rings. The molecule has 0 spiro atoms. The minimum atomic E-state index is 1.19. The van der Waals surface area contributed by atoms with Crippen molar-refractivity contribution in [2.75, 3.05) is 0 Å². The second kappa shape index (κ2) is 15.2. The van der Waals surface area contributed by atoms with Crippen LogP contribution in [0.5, 0.6) is 0 Å². The van der Waals surface area contributed by atoms with Crippen LogP contribution in [0.2, 0.25) is 0 Å². The number of benzene rings is 11. The minimum absolute atomic E-state index is 1.19. The predicted molar refractivity (Wildman–Crippen MR) is 257 cm³/mol. The lowest BCUT2D eigenvalue weighted by Gasteiger charge is -2.20. The average Bonchev–Trinajstić information content (AvgIpc) is 3.33. The van der Waals surface area contributed by atoms with Gasteiger partial charge in [-0.1, -0.05) is 231 Å². The maximum absolute atomic E-state index is 2.46. The van der Waals surface area contributed by atoms with E-state index in [0.29, 0.717) is 0 Å². The Morgan fingerprint density at radius 1 is 0.150 bits per heavy atom. The van der Waals surface area contributed by atoms with Crippen LogP contribution in [0.3, 0.4) is 0 Å². The van der Waals surface area contributed by atoms with E-state index in [2.05, 4.69) is 243 Å². The lowest BCUT2D eigenvalue weighted by atomic mass is 9.84. The van der Waals surface area contributed by atoms with Gasteiger partial charge < -0.3 is 0 Å². The van der Waals surface area contributed by atoms with Gasteiger partial charge in [-0.2, -0.15) is 0 Å². The van der Waals surface area contributed by atoms with E-state index in [1.165, 1.54) is 110 Å². The summed E-state index contributed by atoms with van der Waals surface area (Å²) in [5.41, 5.74) is 17.1. The first-order valence-electron chi connectivity index (χ1n) is 20.8. The summed E-state index contributed by atoms with van der Waals surface area (Å²) in [5.74, 6) is 0. The smallest absolute Gasteiger partial charge is 0.00261 e. The van der Waals surface area contributed by atoms with Crippen LogP contribution < -0.4 is 0 Å². The molecule has 0 aliphatic heterocycles. The SMILES string of the molecule is c1ccc(-c2ccccc2-c2cccc(-c3ccc(-c4ccccc4-c4ccccc4)c4ccc(-c5c6ccccc6c(-c6ccccc6)c6ccccc56)cc34)c2)cc1. The third-order valence-corrected chi connectivity index (χ3v) is 12.1. The quantitative estimate of drug-likeness (QED) is 0.142. The Bertz CT molecular complexity index is 3280. The third-order valence-electron chi connectivity index (χ3n) is 12.1. The Morgan fingerprint density at radius 3 is 1.08 bits per heavy atom. The van der Waals surface area contributed by atoms with Crippen molar-refractivity contribution in [3.8, 4) is 77.9 Å². The highest BCUT2D eigenvalue weighted by atomic mass is 14.2. The molecule has 0 bridgehead atoms. The van der Waals surface area contributed by atoms with Crippen molar-refractivity contribution >= 4 is 32.3 Å². The van der Waals surface area contributed by atoms with Gasteiger partial charge in [0.05, 0.1) is 0 Å². The van der Waals surface area contributed by atoms with Crippen LogP contribution in [0.15, 0.2) is 243 Å². The van der Waals surface area contributed by atoms with Crippen LogP contribution >= 0.6 is 0 Å². The Morgan fingerprint density at radius 2 is 0.533 bits per heavy atom. The van der Waals surface area contributed by atoms with Gasteiger partial charge in [0.15, 0.2) is 0 Å². The molecule has 0 saturated heterocycles. The largest absolute Gasteiger partial charge is 0.0622 e. The Labute approximate surface area is 351 Å². The lowest BCUT2D eigenvalue weighted by molar-refractivity contribution is 1.57. The van der Waals surface area contributed by atoms with E-state index in [0.717, 1.165) is 0 Å². The Hall–Kier alpha value is -7.80. The zero-order valence-corrected chi connectivity index (χ0v) is 33.1. The summed E-state index contributed by atoms with van der Waals surface area (Å²) in [6, 6.07) is 88.8. The van der Waals surface area contributed by atoms with Gasteiger partial charge in [0.2, 0.25) is 0 Å². The molecule has 0 radical (unpaired) electrons. The summed E-state index contributed by atoms with van der Waals surface area (Å²) in [4.78, 5) is 0. The van der Waals surface area contributed by atoms with Gasteiger partial charge >= 0.3 is 0 Å². The first-order chi connectivity index (χ1) is 29.8. The highest BCUT2D eigenvalue weighted by Gasteiger charge is 2.19. The van der Waals surface area contributed by atoms with Crippen LogP contribution in [0, 0.1) is 0 Å². The molecule has 0 aliphatic carbocycles. The molecule has 0 heterocycles. The normalized spacial score (nSPS) is 11.3. The van der Waals surface area contributed by atoms with Gasteiger partial charge in [-0.15, -0.1) is 0 Å². The highest BCUT2D eigenvalue weighted by molar-refractivity contribution is 6.22. The molecule has 0 heteroatoms. The van der Waals surface area contributed by atoms with E-state index in [1.54, 1.807) is 0 Å².